The van der Waals surface area contributed by atoms with Crippen LogP contribution in [0.3, 0.4) is 0 Å². The minimum absolute atomic E-state index is 1.11. The molecule has 1 radical (unpaired) electrons. The first-order valence-electron chi connectivity index (χ1n) is 6.54. The molecule has 87 valence electrons. The van der Waals surface area contributed by atoms with Crippen molar-refractivity contribution in [2.75, 3.05) is 0 Å². The topological polar surface area (TPSA) is 0 Å². The van der Waals surface area contributed by atoms with Crippen LogP contribution >= 0.6 is 0 Å². The largest absolute Gasteiger partial charge is 0.0760 e. The molecule has 0 aliphatic heterocycles. The van der Waals surface area contributed by atoms with Crippen LogP contribution < -0.4 is 0 Å². The van der Waals surface area contributed by atoms with Crippen molar-refractivity contribution in [3.8, 4) is 0 Å². The molecule has 0 saturated heterocycles. The fourth-order valence-electron chi connectivity index (χ4n) is 1.70. The molecular formula is C16H23. The third-order valence-electron chi connectivity index (χ3n) is 2.83. The van der Waals surface area contributed by atoms with E-state index in [1.54, 1.807) is 0 Å². The van der Waals surface area contributed by atoms with Crippen molar-refractivity contribution in [1.29, 1.82) is 0 Å². The Hall–Kier alpha value is -1.04. The third kappa shape index (κ3) is 5.16. The predicted molar refractivity (Wildman–Crippen MR) is 71.5 cm³/mol. The summed E-state index contributed by atoms with van der Waals surface area (Å²) in [7, 11) is 0. The van der Waals surface area contributed by atoms with E-state index in [-0.39, 0.29) is 0 Å². The molecule has 0 nitrogen and oxygen atoms in total. The first kappa shape index (κ1) is 13.0. The van der Waals surface area contributed by atoms with Gasteiger partial charge in [-0.1, -0.05) is 63.5 Å². The van der Waals surface area contributed by atoms with Gasteiger partial charge in [0.1, 0.15) is 0 Å². The van der Waals surface area contributed by atoms with Crippen LogP contribution in [0.2, 0.25) is 0 Å². The molecule has 0 heteroatoms. The quantitative estimate of drug-likeness (QED) is 0.566. The lowest BCUT2D eigenvalue weighted by atomic mass is 10.1. The Bertz CT molecular complexity index is 292. The van der Waals surface area contributed by atoms with Crippen LogP contribution in [-0.2, 0) is 6.42 Å². The van der Waals surface area contributed by atoms with Gasteiger partial charge in [0.25, 0.3) is 0 Å². The van der Waals surface area contributed by atoms with Gasteiger partial charge in [-0.3, -0.25) is 0 Å². The van der Waals surface area contributed by atoms with E-state index in [4.69, 9.17) is 0 Å². The zero-order valence-corrected chi connectivity index (χ0v) is 10.6. The molecule has 0 aliphatic rings. The van der Waals surface area contributed by atoms with E-state index >= 15 is 0 Å². The lowest BCUT2D eigenvalue weighted by molar-refractivity contribution is 0.674. The Morgan fingerprint density at radius 3 is 2.38 bits per heavy atom. The number of hydrogen-bond acceptors (Lipinski definition) is 0. The van der Waals surface area contributed by atoms with Gasteiger partial charge in [0.2, 0.25) is 0 Å². The second-order valence-electron chi connectivity index (χ2n) is 4.25. The molecule has 0 aromatic heterocycles. The van der Waals surface area contributed by atoms with Gasteiger partial charge in [-0.05, 0) is 36.5 Å². The summed E-state index contributed by atoms with van der Waals surface area (Å²) >= 11 is 0. The third-order valence-corrected chi connectivity index (χ3v) is 2.83. The van der Waals surface area contributed by atoms with Gasteiger partial charge in [-0.25, -0.2) is 0 Å². The molecule has 0 spiro atoms. The van der Waals surface area contributed by atoms with Crippen LogP contribution in [0.5, 0.6) is 0 Å². The van der Waals surface area contributed by atoms with E-state index in [1.165, 1.54) is 36.8 Å². The summed E-state index contributed by atoms with van der Waals surface area (Å²) in [4.78, 5) is 0. The van der Waals surface area contributed by atoms with Gasteiger partial charge in [0, 0.05) is 0 Å². The molecular weight excluding hydrogens is 192 g/mol. The van der Waals surface area contributed by atoms with Gasteiger partial charge in [0.15, 0.2) is 0 Å². The number of benzene rings is 1. The lowest BCUT2D eigenvalue weighted by Crippen LogP contribution is -1.80. The summed E-state index contributed by atoms with van der Waals surface area (Å²) < 4.78 is 0. The highest BCUT2D eigenvalue weighted by atomic mass is 13.9. The number of aryl methyl sites for hydroxylation is 1. The molecule has 0 atom stereocenters. The molecule has 1 rings (SSSR count). The highest BCUT2D eigenvalue weighted by molar-refractivity contribution is 5.26. The maximum Gasteiger partial charge on any atom is -0.0149 e. The molecule has 0 N–H and O–H groups in total. The zero-order chi connectivity index (χ0) is 11.6. The summed E-state index contributed by atoms with van der Waals surface area (Å²) in [6.45, 7) is 4.43. The Balaban J connectivity index is 2.27. The molecule has 0 saturated carbocycles. The van der Waals surface area contributed by atoms with Gasteiger partial charge >= 0.3 is 0 Å². The van der Waals surface area contributed by atoms with E-state index in [9.17, 15) is 0 Å². The van der Waals surface area contributed by atoms with Gasteiger partial charge in [-0.2, -0.15) is 0 Å². The fourth-order valence-corrected chi connectivity index (χ4v) is 1.70. The van der Waals surface area contributed by atoms with Crippen LogP contribution in [0.1, 0.15) is 57.1 Å². The molecule has 0 amide bonds. The van der Waals surface area contributed by atoms with Gasteiger partial charge in [-0.15, -0.1) is 0 Å². The van der Waals surface area contributed by atoms with E-state index in [2.05, 4.69) is 50.3 Å². The maximum atomic E-state index is 3.35. The maximum absolute atomic E-state index is 3.35. The summed E-state index contributed by atoms with van der Waals surface area (Å²) in [5.41, 5.74) is 2.60. The average molecular weight is 215 g/mol. The highest BCUT2D eigenvalue weighted by Crippen LogP contribution is 2.07. The van der Waals surface area contributed by atoms with Crippen LogP contribution in [0.4, 0.5) is 0 Å². The van der Waals surface area contributed by atoms with Crippen LogP contribution in [-0.4, -0.2) is 0 Å². The fraction of sp³-hybridized carbons (Fsp3) is 0.500. The van der Waals surface area contributed by atoms with E-state index < -0.39 is 0 Å². The van der Waals surface area contributed by atoms with E-state index in [1.807, 2.05) is 0 Å². The van der Waals surface area contributed by atoms with Crippen LogP contribution in [0.25, 0.3) is 0 Å². The zero-order valence-electron chi connectivity index (χ0n) is 10.6. The van der Waals surface area contributed by atoms with Crippen molar-refractivity contribution in [3.63, 3.8) is 0 Å². The standard InChI is InChI=1S/C16H23/c1-3-5-6-7-8-9-10-16-13-11-15(4-2)12-14-16/h9,11-14H,3-8H2,1-2H3. The molecule has 16 heavy (non-hydrogen) atoms. The normalized spacial score (nSPS) is 11.1. The molecule has 0 unspecified atom stereocenters. The summed E-state index contributed by atoms with van der Waals surface area (Å²) in [5, 5.41) is 0. The number of unbranched alkanes of at least 4 members (excludes halogenated alkanes) is 4. The first-order chi connectivity index (χ1) is 7.86. The van der Waals surface area contributed by atoms with Crippen molar-refractivity contribution < 1.29 is 0 Å². The van der Waals surface area contributed by atoms with Crippen LogP contribution in [0, 0.1) is 6.08 Å². The second-order valence-corrected chi connectivity index (χ2v) is 4.25. The SMILES string of the molecule is CCCCCC/C=[C]\c1ccc(CC)cc1. The second kappa shape index (κ2) is 8.15. The minimum atomic E-state index is 1.11. The smallest absolute Gasteiger partial charge is 0.0149 e. The van der Waals surface area contributed by atoms with E-state index in [0.29, 0.717) is 0 Å². The number of allylic oxidation sites excluding steroid dienone is 1. The lowest BCUT2D eigenvalue weighted by Gasteiger charge is -1.97. The summed E-state index contributed by atoms with van der Waals surface area (Å²) in [6.07, 6.45) is 13.1. The average Bonchev–Trinajstić information content (AvgIpc) is 2.34. The summed E-state index contributed by atoms with van der Waals surface area (Å²) in [5.74, 6) is 0. The summed E-state index contributed by atoms with van der Waals surface area (Å²) in [6, 6.07) is 8.68. The number of rotatable bonds is 7. The van der Waals surface area contributed by atoms with Crippen molar-refractivity contribution >= 4 is 0 Å². The molecule has 0 heterocycles. The van der Waals surface area contributed by atoms with Gasteiger partial charge < -0.3 is 0 Å². The predicted octanol–water partition coefficient (Wildman–Crippen LogP) is 4.93. The Labute approximate surface area is 100 Å². The van der Waals surface area contributed by atoms with Crippen LogP contribution in [0.15, 0.2) is 30.3 Å². The van der Waals surface area contributed by atoms with Crippen molar-refractivity contribution in [1.82, 2.24) is 0 Å². The van der Waals surface area contributed by atoms with Gasteiger partial charge in [0.05, 0.1) is 0 Å². The monoisotopic (exact) mass is 215 g/mol. The van der Waals surface area contributed by atoms with Crippen molar-refractivity contribution in [2.45, 2.75) is 52.4 Å². The molecule has 0 fully saturated rings. The Kier molecular flexibility index (Phi) is 6.64. The Morgan fingerprint density at radius 1 is 1.00 bits per heavy atom. The Morgan fingerprint density at radius 2 is 1.75 bits per heavy atom. The molecule has 0 aliphatic carbocycles. The van der Waals surface area contributed by atoms with E-state index in [0.717, 1.165) is 12.8 Å². The molecule has 0 bridgehead atoms. The first-order valence-corrected chi connectivity index (χ1v) is 6.54. The molecule has 1 aromatic carbocycles. The highest BCUT2D eigenvalue weighted by Gasteiger charge is 1.89. The van der Waals surface area contributed by atoms with Crippen molar-refractivity contribution in [3.05, 3.63) is 47.5 Å². The molecule has 1 aromatic rings. The number of hydrogen-bond donors (Lipinski definition) is 0. The minimum Gasteiger partial charge on any atom is -0.0760 e. The van der Waals surface area contributed by atoms with Crippen molar-refractivity contribution in [2.24, 2.45) is 0 Å².